The predicted molar refractivity (Wildman–Crippen MR) is 131 cm³/mol. The van der Waals surface area contributed by atoms with E-state index >= 15 is 0 Å². The fourth-order valence-electron chi connectivity index (χ4n) is 3.98. The van der Waals surface area contributed by atoms with Crippen LogP contribution in [0.15, 0.2) is 42.5 Å². The third-order valence-corrected chi connectivity index (χ3v) is 7.58. The number of nitrogens with one attached hydrogen (secondary N) is 1. The van der Waals surface area contributed by atoms with Gasteiger partial charge in [-0.05, 0) is 31.0 Å². The minimum absolute atomic E-state index is 0.107. The van der Waals surface area contributed by atoms with Gasteiger partial charge in [-0.3, -0.25) is 4.79 Å². The summed E-state index contributed by atoms with van der Waals surface area (Å²) in [5.41, 5.74) is 2.45. The van der Waals surface area contributed by atoms with Crippen molar-refractivity contribution in [2.24, 2.45) is 5.92 Å². The molecular weight excluding hydrogens is 471 g/mol. The Labute approximate surface area is 201 Å². The second-order valence-corrected chi connectivity index (χ2v) is 10.1. The molecule has 0 radical (unpaired) electrons. The number of aromatic nitrogens is 1. The van der Waals surface area contributed by atoms with Crippen molar-refractivity contribution < 1.29 is 4.79 Å². The van der Waals surface area contributed by atoms with Crippen LogP contribution in [0.2, 0.25) is 15.1 Å². The summed E-state index contributed by atoms with van der Waals surface area (Å²) in [7, 11) is 0. The van der Waals surface area contributed by atoms with Gasteiger partial charge >= 0.3 is 0 Å². The zero-order valence-electron chi connectivity index (χ0n) is 17.0. The fourth-order valence-corrected chi connectivity index (χ4v) is 5.82. The molecule has 3 nitrogen and oxygen atoms in total. The van der Waals surface area contributed by atoms with E-state index < -0.39 is 0 Å². The van der Waals surface area contributed by atoms with E-state index in [9.17, 15) is 4.79 Å². The van der Waals surface area contributed by atoms with E-state index in [2.05, 4.69) is 5.32 Å². The number of nitrogens with zero attached hydrogens (tertiary/aromatic N) is 1. The number of carbonyl (C=O) groups excluding carboxylic acids is 1. The maximum Gasteiger partial charge on any atom is 0.223 e. The predicted octanol–water partition coefficient (Wildman–Crippen LogP) is 8.02. The maximum absolute atomic E-state index is 12.7. The third kappa shape index (κ3) is 5.43. The van der Waals surface area contributed by atoms with E-state index in [0.717, 1.165) is 52.4 Å². The summed E-state index contributed by atoms with van der Waals surface area (Å²) in [6.45, 7) is 0.392. The summed E-state index contributed by atoms with van der Waals surface area (Å²) in [5, 5.41) is 5.67. The van der Waals surface area contributed by atoms with Gasteiger partial charge in [-0.25, -0.2) is 4.98 Å². The number of carbonyl (C=O) groups is 1. The second-order valence-electron chi connectivity index (χ2n) is 7.80. The molecule has 1 aromatic heterocycles. The molecule has 2 aromatic carbocycles. The van der Waals surface area contributed by atoms with Gasteiger partial charge in [0.2, 0.25) is 5.91 Å². The zero-order chi connectivity index (χ0) is 21.8. The van der Waals surface area contributed by atoms with E-state index in [1.165, 1.54) is 24.2 Å². The number of halogens is 3. The van der Waals surface area contributed by atoms with Gasteiger partial charge in [0.15, 0.2) is 0 Å². The lowest BCUT2D eigenvalue weighted by Crippen LogP contribution is -2.30. The molecule has 0 saturated heterocycles. The largest absolute Gasteiger partial charge is 0.349 e. The van der Waals surface area contributed by atoms with Crippen LogP contribution in [0.3, 0.4) is 0 Å². The van der Waals surface area contributed by atoms with Crippen molar-refractivity contribution in [3.8, 4) is 21.7 Å². The zero-order valence-corrected chi connectivity index (χ0v) is 20.1. The van der Waals surface area contributed by atoms with Gasteiger partial charge < -0.3 is 5.32 Å². The van der Waals surface area contributed by atoms with E-state index in [0.29, 0.717) is 21.6 Å². The highest BCUT2D eigenvalue weighted by Gasteiger charge is 2.22. The monoisotopic (exact) mass is 492 g/mol. The van der Waals surface area contributed by atoms with Crippen molar-refractivity contribution in [2.45, 2.75) is 45.1 Å². The molecule has 7 heteroatoms. The minimum Gasteiger partial charge on any atom is -0.349 e. The van der Waals surface area contributed by atoms with Crippen LogP contribution in [-0.2, 0) is 11.3 Å². The Kier molecular flexibility index (Phi) is 7.55. The van der Waals surface area contributed by atoms with Crippen molar-refractivity contribution in [1.82, 2.24) is 10.3 Å². The van der Waals surface area contributed by atoms with Gasteiger partial charge in [-0.2, -0.15) is 0 Å². The van der Waals surface area contributed by atoms with Crippen molar-refractivity contribution in [2.75, 3.05) is 0 Å². The molecule has 0 bridgehead atoms. The van der Waals surface area contributed by atoms with Gasteiger partial charge in [-0.1, -0.05) is 84.8 Å². The molecule has 1 N–H and O–H groups in total. The van der Waals surface area contributed by atoms with Crippen LogP contribution >= 0.6 is 46.1 Å². The average molecular weight is 494 g/mol. The number of hydrogen-bond donors (Lipinski definition) is 1. The van der Waals surface area contributed by atoms with E-state index in [4.69, 9.17) is 39.8 Å². The molecule has 1 aliphatic carbocycles. The van der Waals surface area contributed by atoms with Gasteiger partial charge in [0.1, 0.15) is 5.01 Å². The van der Waals surface area contributed by atoms with Crippen LogP contribution in [0.1, 0.15) is 43.5 Å². The topological polar surface area (TPSA) is 42.0 Å². The summed E-state index contributed by atoms with van der Waals surface area (Å²) in [4.78, 5) is 18.5. The Hall–Kier alpha value is -1.59. The molecule has 4 rings (SSSR count). The molecule has 1 amide bonds. The van der Waals surface area contributed by atoms with Crippen LogP contribution in [0.4, 0.5) is 0 Å². The lowest BCUT2D eigenvalue weighted by Gasteiger charge is -2.13. The first kappa shape index (κ1) is 22.6. The van der Waals surface area contributed by atoms with E-state index in [-0.39, 0.29) is 11.8 Å². The van der Waals surface area contributed by atoms with Crippen LogP contribution in [0.25, 0.3) is 21.7 Å². The lowest BCUT2D eigenvalue weighted by molar-refractivity contribution is -0.125. The SMILES string of the molecule is O=C(NCc1nc(-c2ccccc2Cl)c(-c2ccc(Cl)cc2Cl)s1)C1CCCCCC1. The van der Waals surface area contributed by atoms with E-state index in [1.54, 1.807) is 6.07 Å². The minimum atomic E-state index is 0.107. The molecule has 1 saturated carbocycles. The molecule has 1 heterocycles. The Morgan fingerprint density at radius 3 is 2.42 bits per heavy atom. The summed E-state index contributed by atoms with van der Waals surface area (Å²) < 4.78 is 0. The highest BCUT2D eigenvalue weighted by molar-refractivity contribution is 7.15. The average Bonchev–Trinajstić information content (AvgIpc) is 2.97. The summed E-state index contributed by atoms with van der Waals surface area (Å²) in [6.07, 6.45) is 6.65. The van der Waals surface area contributed by atoms with Gasteiger partial charge in [0, 0.05) is 22.1 Å². The van der Waals surface area contributed by atoms with Crippen molar-refractivity contribution in [1.29, 1.82) is 0 Å². The first-order chi connectivity index (χ1) is 15.0. The van der Waals surface area contributed by atoms with E-state index in [1.807, 2.05) is 36.4 Å². The Balaban J connectivity index is 1.63. The quantitative estimate of drug-likeness (QED) is 0.365. The van der Waals surface area contributed by atoms with Crippen molar-refractivity contribution in [3.05, 3.63) is 62.5 Å². The second kappa shape index (κ2) is 10.4. The Morgan fingerprint density at radius 2 is 1.71 bits per heavy atom. The molecule has 0 atom stereocenters. The number of thiazole rings is 1. The Bertz CT molecular complexity index is 1070. The van der Waals surface area contributed by atoms with Gasteiger partial charge in [0.05, 0.1) is 27.2 Å². The van der Waals surface area contributed by atoms with Gasteiger partial charge in [0.25, 0.3) is 0 Å². The molecule has 1 fully saturated rings. The standard InChI is InChI=1S/C24H23Cl3N2OS/c25-16-11-12-18(20(27)13-16)23-22(17-9-5-6-10-19(17)26)29-21(31-23)14-28-24(30)15-7-3-1-2-4-8-15/h5-6,9-13,15H,1-4,7-8,14H2,(H,28,30). The van der Waals surface area contributed by atoms with Crippen LogP contribution in [0.5, 0.6) is 0 Å². The van der Waals surface area contributed by atoms with Gasteiger partial charge in [-0.15, -0.1) is 11.3 Å². The number of rotatable bonds is 5. The highest BCUT2D eigenvalue weighted by Crippen LogP contribution is 2.42. The van der Waals surface area contributed by atoms with Crippen molar-refractivity contribution >= 4 is 52.0 Å². The summed E-state index contributed by atoms with van der Waals surface area (Å²) in [6, 6.07) is 13.0. The van der Waals surface area contributed by atoms with Crippen molar-refractivity contribution in [3.63, 3.8) is 0 Å². The highest BCUT2D eigenvalue weighted by atomic mass is 35.5. The summed E-state index contributed by atoms with van der Waals surface area (Å²) >= 11 is 20.6. The van der Waals surface area contributed by atoms with Crippen LogP contribution in [-0.4, -0.2) is 10.9 Å². The summed E-state index contributed by atoms with van der Waals surface area (Å²) in [5.74, 6) is 0.234. The molecule has 0 aliphatic heterocycles. The molecule has 162 valence electrons. The first-order valence-electron chi connectivity index (χ1n) is 10.5. The molecular formula is C24H23Cl3N2OS. The number of hydrogen-bond acceptors (Lipinski definition) is 3. The smallest absolute Gasteiger partial charge is 0.223 e. The molecule has 0 unspecified atom stereocenters. The molecule has 3 aromatic rings. The first-order valence-corrected chi connectivity index (χ1v) is 12.5. The lowest BCUT2D eigenvalue weighted by atomic mass is 10.00. The third-order valence-electron chi connectivity index (χ3n) is 5.62. The van der Waals surface area contributed by atoms with Crippen LogP contribution < -0.4 is 5.32 Å². The molecule has 1 aliphatic rings. The maximum atomic E-state index is 12.7. The molecule has 0 spiro atoms. The number of benzene rings is 2. The Morgan fingerprint density at radius 1 is 0.968 bits per heavy atom. The normalized spacial score (nSPS) is 14.9. The number of amides is 1. The fraction of sp³-hybridized carbons (Fsp3) is 0.333. The van der Waals surface area contributed by atoms with Crippen LogP contribution in [0, 0.1) is 5.92 Å². The molecule has 31 heavy (non-hydrogen) atoms.